The van der Waals surface area contributed by atoms with Gasteiger partial charge < -0.3 is 9.47 Å². The number of hydrogen-bond donors (Lipinski definition) is 0. The molecule has 1 aliphatic rings. The van der Waals surface area contributed by atoms with E-state index < -0.39 is 23.1 Å². The number of nitro benzene ring substituents is 1. The zero-order chi connectivity index (χ0) is 14.7. The van der Waals surface area contributed by atoms with E-state index in [4.69, 9.17) is 9.47 Å². The molecule has 7 nitrogen and oxygen atoms in total. The maximum absolute atomic E-state index is 11.8. The van der Waals surface area contributed by atoms with E-state index >= 15 is 0 Å². The lowest BCUT2D eigenvalue weighted by Gasteiger charge is -2.18. The number of cyclic esters (lactones) is 1. The van der Waals surface area contributed by atoms with Crippen molar-refractivity contribution in [3.8, 4) is 0 Å². The number of rotatable bonds is 4. The fraction of sp³-hybridized carbons (Fsp3) is 0.385. The number of ether oxygens (including phenoxy) is 2. The van der Waals surface area contributed by atoms with Gasteiger partial charge in [-0.3, -0.25) is 14.9 Å². The molecular weight excluding hydrogens is 266 g/mol. The van der Waals surface area contributed by atoms with Crippen LogP contribution in [0.5, 0.6) is 0 Å². The number of benzene rings is 1. The number of nitrogens with zero attached hydrogens (tertiary/aromatic N) is 1. The molecule has 0 bridgehead atoms. The first kappa shape index (κ1) is 14.0. The zero-order valence-electron chi connectivity index (χ0n) is 10.8. The average Bonchev–Trinajstić information content (AvgIpc) is 2.85. The molecule has 0 saturated carbocycles. The maximum Gasteiger partial charge on any atom is 0.338 e. The van der Waals surface area contributed by atoms with Crippen molar-refractivity contribution >= 4 is 17.6 Å². The first-order chi connectivity index (χ1) is 9.47. The predicted octanol–water partition coefficient (Wildman–Crippen LogP) is 1.85. The third-order valence-electron chi connectivity index (χ3n) is 3.05. The monoisotopic (exact) mass is 279 g/mol. The molecule has 1 saturated heterocycles. The molecule has 20 heavy (non-hydrogen) atoms. The van der Waals surface area contributed by atoms with Gasteiger partial charge in [0.1, 0.15) is 12.2 Å². The van der Waals surface area contributed by atoms with Gasteiger partial charge in [-0.1, -0.05) is 0 Å². The van der Waals surface area contributed by atoms with Crippen molar-refractivity contribution in [2.45, 2.75) is 32.0 Å². The fourth-order valence-corrected chi connectivity index (χ4v) is 1.91. The Bertz CT molecular complexity index is 538. The summed E-state index contributed by atoms with van der Waals surface area (Å²) in [5.74, 6) is -0.899. The standard InChI is InChI=1S/C13H13NO6/c1-8(11-6-7-12(15)20-11)19-13(16)9-2-4-10(5-3-9)14(17)18/h2-5,8,11H,6-7H2,1H3/t8-,11+/m0/s1. The number of carbonyl (C=O) groups is 2. The second kappa shape index (κ2) is 5.68. The third-order valence-corrected chi connectivity index (χ3v) is 3.05. The van der Waals surface area contributed by atoms with Crippen LogP contribution in [-0.2, 0) is 14.3 Å². The molecular formula is C13H13NO6. The van der Waals surface area contributed by atoms with Crippen LogP contribution in [0.25, 0.3) is 0 Å². The van der Waals surface area contributed by atoms with Crippen LogP contribution < -0.4 is 0 Å². The number of hydrogen-bond acceptors (Lipinski definition) is 6. The molecule has 0 unspecified atom stereocenters. The van der Waals surface area contributed by atoms with Crippen LogP contribution >= 0.6 is 0 Å². The minimum atomic E-state index is -0.602. The molecule has 106 valence electrons. The Hall–Kier alpha value is -2.44. The summed E-state index contributed by atoms with van der Waals surface area (Å²) in [6.45, 7) is 1.65. The number of non-ortho nitro benzene ring substituents is 1. The zero-order valence-corrected chi connectivity index (χ0v) is 10.8. The molecule has 1 aromatic rings. The summed E-state index contributed by atoms with van der Waals surface area (Å²) in [7, 11) is 0. The van der Waals surface area contributed by atoms with Crippen molar-refractivity contribution in [1.29, 1.82) is 0 Å². The topological polar surface area (TPSA) is 95.7 Å². The predicted molar refractivity (Wildman–Crippen MR) is 67.1 cm³/mol. The molecule has 1 fully saturated rings. The van der Waals surface area contributed by atoms with E-state index in [0.717, 1.165) is 0 Å². The van der Waals surface area contributed by atoms with E-state index in [1.165, 1.54) is 24.3 Å². The summed E-state index contributed by atoms with van der Waals surface area (Å²) < 4.78 is 10.2. The molecule has 2 atom stereocenters. The van der Waals surface area contributed by atoms with E-state index in [0.29, 0.717) is 12.8 Å². The van der Waals surface area contributed by atoms with Crippen LogP contribution in [0.1, 0.15) is 30.1 Å². The molecule has 0 aliphatic carbocycles. The number of nitro groups is 1. The van der Waals surface area contributed by atoms with Gasteiger partial charge in [0, 0.05) is 18.6 Å². The van der Waals surface area contributed by atoms with Crippen LogP contribution in [0, 0.1) is 10.1 Å². The first-order valence-electron chi connectivity index (χ1n) is 6.12. The molecule has 0 spiro atoms. The van der Waals surface area contributed by atoms with Gasteiger partial charge in [-0.05, 0) is 25.5 Å². The van der Waals surface area contributed by atoms with Gasteiger partial charge in [0.15, 0.2) is 0 Å². The fourth-order valence-electron chi connectivity index (χ4n) is 1.91. The van der Waals surface area contributed by atoms with Crippen molar-refractivity contribution in [3.63, 3.8) is 0 Å². The van der Waals surface area contributed by atoms with Crippen LogP contribution in [0.4, 0.5) is 5.69 Å². The van der Waals surface area contributed by atoms with Gasteiger partial charge in [0.25, 0.3) is 5.69 Å². The van der Waals surface area contributed by atoms with E-state index in [1.54, 1.807) is 6.92 Å². The number of esters is 2. The van der Waals surface area contributed by atoms with Crippen LogP contribution in [0.15, 0.2) is 24.3 Å². The summed E-state index contributed by atoms with van der Waals surface area (Å²) in [4.78, 5) is 32.8. The highest BCUT2D eigenvalue weighted by Gasteiger charge is 2.31. The normalized spacial score (nSPS) is 19.2. The second-order valence-electron chi connectivity index (χ2n) is 4.48. The highest BCUT2D eigenvalue weighted by Crippen LogP contribution is 2.20. The Labute approximate surface area is 114 Å². The lowest BCUT2D eigenvalue weighted by atomic mass is 10.1. The summed E-state index contributed by atoms with van der Waals surface area (Å²) in [5, 5.41) is 10.5. The Morgan fingerprint density at radius 1 is 1.45 bits per heavy atom. The quantitative estimate of drug-likeness (QED) is 0.474. The molecule has 1 aliphatic heterocycles. The van der Waals surface area contributed by atoms with Gasteiger partial charge in [-0.25, -0.2) is 4.79 Å². The van der Waals surface area contributed by atoms with Crippen molar-refractivity contribution < 1.29 is 24.0 Å². The van der Waals surface area contributed by atoms with Crippen molar-refractivity contribution in [1.82, 2.24) is 0 Å². The van der Waals surface area contributed by atoms with Crippen LogP contribution in [-0.4, -0.2) is 29.1 Å². The minimum Gasteiger partial charge on any atom is -0.458 e. The van der Waals surface area contributed by atoms with E-state index in [1.807, 2.05) is 0 Å². The van der Waals surface area contributed by atoms with Crippen LogP contribution in [0.2, 0.25) is 0 Å². The van der Waals surface area contributed by atoms with Crippen molar-refractivity contribution in [2.75, 3.05) is 0 Å². The smallest absolute Gasteiger partial charge is 0.338 e. The third kappa shape index (κ3) is 3.11. The summed E-state index contributed by atoms with van der Waals surface area (Å²) >= 11 is 0. The van der Waals surface area contributed by atoms with E-state index in [2.05, 4.69) is 0 Å². The Morgan fingerprint density at radius 2 is 2.10 bits per heavy atom. The Balaban J connectivity index is 1.97. The molecule has 0 radical (unpaired) electrons. The SMILES string of the molecule is C[C@H](OC(=O)c1ccc([N+](=O)[O-])cc1)[C@H]1CCC(=O)O1. The molecule has 0 N–H and O–H groups in total. The van der Waals surface area contributed by atoms with Gasteiger partial charge in [-0.2, -0.15) is 0 Å². The van der Waals surface area contributed by atoms with Gasteiger partial charge in [0.05, 0.1) is 10.5 Å². The minimum absolute atomic E-state index is 0.0979. The first-order valence-corrected chi connectivity index (χ1v) is 6.12. The molecule has 7 heteroatoms. The van der Waals surface area contributed by atoms with E-state index in [-0.39, 0.29) is 17.2 Å². The van der Waals surface area contributed by atoms with Crippen LogP contribution in [0.3, 0.4) is 0 Å². The summed E-state index contributed by atoms with van der Waals surface area (Å²) in [6.07, 6.45) is -0.133. The van der Waals surface area contributed by atoms with E-state index in [9.17, 15) is 19.7 Å². The number of carbonyl (C=O) groups excluding carboxylic acids is 2. The Kier molecular flexibility index (Phi) is 3.97. The van der Waals surface area contributed by atoms with Gasteiger partial charge in [-0.15, -0.1) is 0 Å². The second-order valence-corrected chi connectivity index (χ2v) is 4.48. The lowest BCUT2D eigenvalue weighted by molar-refractivity contribution is -0.384. The Morgan fingerprint density at radius 3 is 2.60 bits per heavy atom. The van der Waals surface area contributed by atoms with Gasteiger partial charge >= 0.3 is 11.9 Å². The van der Waals surface area contributed by atoms with Crippen molar-refractivity contribution in [2.24, 2.45) is 0 Å². The summed E-state index contributed by atoms with van der Waals surface area (Å²) in [5.41, 5.74) is 0.117. The molecule has 0 aromatic heterocycles. The maximum atomic E-state index is 11.8. The van der Waals surface area contributed by atoms with Gasteiger partial charge in [0.2, 0.25) is 0 Å². The lowest BCUT2D eigenvalue weighted by Crippen LogP contribution is -2.28. The molecule has 0 amide bonds. The largest absolute Gasteiger partial charge is 0.458 e. The highest BCUT2D eigenvalue weighted by atomic mass is 16.6. The summed E-state index contributed by atoms with van der Waals surface area (Å²) in [6, 6.07) is 5.12. The average molecular weight is 279 g/mol. The van der Waals surface area contributed by atoms with Crippen molar-refractivity contribution in [3.05, 3.63) is 39.9 Å². The molecule has 1 heterocycles. The highest BCUT2D eigenvalue weighted by molar-refractivity contribution is 5.89. The molecule has 2 rings (SSSR count). The molecule has 1 aromatic carbocycles.